The van der Waals surface area contributed by atoms with Gasteiger partial charge >= 0.3 is 5.97 Å². The minimum atomic E-state index is -1.03. The molecule has 2 aromatic rings. The summed E-state index contributed by atoms with van der Waals surface area (Å²) in [6, 6.07) is 4.46. The Morgan fingerprint density at radius 3 is 2.73 bits per heavy atom. The number of halogens is 2. The topological polar surface area (TPSA) is 88.3 Å². The van der Waals surface area contributed by atoms with Crippen LogP contribution in [0.1, 0.15) is 30.1 Å². The Hall–Kier alpha value is -2.12. The van der Waals surface area contributed by atoms with Crippen molar-refractivity contribution in [1.82, 2.24) is 19.7 Å². The van der Waals surface area contributed by atoms with Crippen LogP contribution < -0.4 is 0 Å². The molecule has 1 N–H and O–H groups in total. The van der Waals surface area contributed by atoms with Crippen molar-refractivity contribution in [3.05, 3.63) is 45.5 Å². The summed E-state index contributed by atoms with van der Waals surface area (Å²) in [7, 11) is 0. The molecule has 0 aliphatic carbocycles. The van der Waals surface area contributed by atoms with E-state index in [4.69, 9.17) is 23.2 Å². The maximum atomic E-state index is 12.6. The number of nitrogens with zero attached hydrogens (tertiary/aromatic N) is 4. The third-order valence-corrected chi connectivity index (χ3v) is 5.24. The molecular weight excluding hydrogens is 379 g/mol. The van der Waals surface area contributed by atoms with Gasteiger partial charge < -0.3 is 14.6 Å². The van der Waals surface area contributed by atoms with Crippen LogP contribution in [0.3, 0.4) is 0 Å². The fraction of sp³-hybridized carbons (Fsp3) is 0.412. The van der Waals surface area contributed by atoms with Crippen LogP contribution in [0, 0.1) is 6.92 Å². The summed E-state index contributed by atoms with van der Waals surface area (Å²) in [4.78, 5) is 25.6. The van der Waals surface area contributed by atoms with Gasteiger partial charge in [0.25, 0.3) is 0 Å². The monoisotopic (exact) mass is 396 g/mol. The van der Waals surface area contributed by atoms with Gasteiger partial charge in [-0.3, -0.25) is 4.79 Å². The molecule has 26 heavy (non-hydrogen) atoms. The summed E-state index contributed by atoms with van der Waals surface area (Å²) in [5.74, 6) is 0.0294. The van der Waals surface area contributed by atoms with Crippen molar-refractivity contribution >= 4 is 35.1 Å². The van der Waals surface area contributed by atoms with Crippen molar-refractivity contribution in [2.45, 2.75) is 45.3 Å². The van der Waals surface area contributed by atoms with Crippen LogP contribution in [-0.4, -0.2) is 42.7 Å². The second kappa shape index (κ2) is 7.63. The van der Waals surface area contributed by atoms with Crippen molar-refractivity contribution in [1.29, 1.82) is 0 Å². The molecule has 1 aromatic carbocycles. The Bertz CT molecular complexity index is 853. The van der Waals surface area contributed by atoms with E-state index in [9.17, 15) is 14.7 Å². The molecule has 0 radical (unpaired) electrons. The molecule has 1 amide bonds. The number of aliphatic carboxylic acids is 1. The number of rotatable bonds is 5. The van der Waals surface area contributed by atoms with E-state index in [1.165, 1.54) is 4.90 Å². The molecule has 0 saturated carbocycles. The molecule has 0 saturated heterocycles. The summed E-state index contributed by atoms with van der Waals surface area (Å²) in [5, 5.41) is 18.5. The van der Waals surface area contributed by atoms with E-state index >= 15 is 0 Å². The SMILES string of the molecule is Cc1nnc2n1CC(C(=O)O)N(C(=O)CCCc1ccc(Cl)c(Cl)c1)C2. The van der Waals surface area contributed by atoms with Gasteiger partial charge in [0.2, 0.25) is 5.91 Å². The van der Waals surface area contributed by atoms with Gasteiger partial charge in [0, 0.05) is 6.42 Å². The van der Waals surface area contributed by atoms with Crippen molar-refractivity contribution in [2.75, 3.05) is 0 Å². The zero-order valence-corrected chi connectivity index (χ0v) is 15.7. The minimum Gasteiger partial charge on any atom is -0.480 e. The number of aryl methyl sites for hydroxylation is 2. The summed E-state index contributed by atoms with van der Waals surface area (Å²) >= 11 is 11.9. The number of fused-ring (bicyclic) bond motifs is 1. The molecule has 0 bridgehead atoms. The van der Waals surface area contributed by atoms with E-state index in [1.807, 2.05) is 6.07 Å². The predicted molar refractivity (Wildman–Crippen MR) is 96.1 cm³/mol. The van der Waals surface area contributed by atoms with Gasteiger partial charge in [-0.25, -0.2) is 4.79 Å². The Morgan fingerprint density at radius 2 is 2.04 bits per heavy atom. The maximum absolute atomic E-state index is 12.6. The number of amides is 1. The highest BCUT2D eigenvalue weighted by Gasteiger charge is 2.35. The molecule has 138 valence electrons. The Balaban J connectivity index is 1.64. The fourth-order valence-corrected chi connectivity index (χ4v) is 3.39. The molecule has 1 atom stereocenters. The number of benzene rings is 1. The van der Waals surface area contributed by atoms with Crippen LogP contribution in [0.15, 0.2) is 18.2 Å². The first kappa shape index (κ1) is 18.7. The second-order valence-corrected chi connectivity index (χ2v) is 7.07. The lowest BCUT2D eigenvalue weighted by Gasteiger charge is -2.33. The molecule has 0 fully saturated rings. The zero-order chi connectivity index (χ0) is 18.8. The van der Waals surface area contributed by atoms with Gasteiger partial charge in [0.15, 0.2) is 5.82 Å². The lowest BCUT2D eigenvalue weighted by Crippen LogP contribution is -2.50. The first-order valence-corrected chi connectivity index (χ1v) is 8.97. The smallest absolute Gasteiger partial charge is 0.328 e. The molecule has 7 nitrogen and oxygen atoms in total. The average molecular weight is 397 g/mol. The van der Waals surface area contributed by atoms with Crippen LogP contribution in [0.5, 0.6) is 0 Å². The Morgan fingerprint density at radius 1 is 1.27 bits per heavy atom. The van der Waals surface area contributed by atoms with Gasteiger partial charge in [0.1, 0.15) is 11.9 Å². The van der Waals surface area contributed by atoms with E-state index in [0.717, 1.165) is 5.56 Å². The van der Waals surface area contributed by atoms with E-state index in [2.05, 4.69) is 10.2 Å². The Kier molecular flexibility index (Phi) is 5.48. The Labute approximate surface area is 160 Å². The summed E-state index contributed by atoms with van der Waals surface area (Å²) in [6.45, 7) is 2.09. The normalized spacial score (nSPS) is 16.4. The molecule has 9 heteroatoms. The molecule has 0 spiro atoms. The molecule has 1 aliphatic rings. The van der Waals surface area contributed by atoms with E-state index in [-0.39, 0.29) is 25.4 Å². The van der Waals surface area contributed by atoms with Crippen molar-refractivity contribution in [3.8, 4) is 0 Å². The lowest BCUT2D eigenvalue weighted by molar-refractivity contribution is -0.152. The number of carbonyl (C=O) groups is 2. The summed E-state index contributed by atoms with van der Waals surface area (Å²) in [6.07, 6.45) is 1.49. The van der Waals surface area contributed by atoms with E-state index in [1.54, 1.807) is 23.6 Å². The third kappa shape index (κ3) is 3.83. The highest BCUT2D eigenvalue weighted by molar-refractivity contribution is 6.42. The first-order valence-electron chi connectivity index (χ1n) is 8.21. The maximum Gasteiger partial charge on any atom is 0.328 e. The number of hydrogen-bond acceptors (Lipinski definition) is 4. The van der Waals surface area contributed by atoms with Gasteiger partial charge in [0.05, 0.1) is 23.1 Å². The van der Waals surface area contributed by atoms with Crippen LogP contribution >= 0.6 is 23.2 Å². The van der Waals surface area contributed by atoms with Gasteiger partial charge in [-0.2, -0.15) is 0 Å². The van der Waals surface area contributed by atoms with Crippen molar-refractivity contribution in [3.63, 3.8) is 0 Å². The van der Waals surface area contributed by atoms with Crippen LogP contribution in [0.25, 0.3) is 0 Å². The number of carboxylic acid groups (broad SMARTS) is 1. The van der Waals surface area contributed by atoms with Crippen LogP contribution in [0.2, 0.25) is 10.0 Å². The van der Waals surface area contributed by atoms with Crippen LogP contribution in [-0.2, 0) is 29.1 Å². The zero-order valence-electron chi connectivity index (χ0n) is 14.2. The van der Waals surface area contributed by atoms with Gasteiger partial charge in [-0.05, 0) is 37.5 Å². The average Bonchev–Trinajstić information content (AvgIpc) is 2.97. The minimum absolute atomic E-state index is 0.156. The quantitative estimate of drug-likeness (QED) is 0.838. The van der Waals surface area contributed by atoms with Gasteiger partial charge in [-0.1, -0.05) is 29.3 Å². The van der Waals surface area contributed by atoms with E-state index in [0.29, 0.717) is 34.5 Å². The second-order valence-electron chi connectivity index (χ2n) is 6.25. The molecule has 2 heterocycles. The molecule has 1 aromatic heterocycles. The number of hydrogen-bond donors (Lipinski definition) is 1. The number of carbonyl (C=O) groups excluding carboxylic acids is 1. The highest BCUT2D eigenvalue weighted by Crippen LogP contribution is 2.24. The van der Waals surface area contributed by atoms with E-state index < -0.39 is 12.0 Å². The summed E-state index contributed by atoms with van der Waals surface area (Å²) < 4.78 is 1.75. The molecule has 3 rings (SSSR count). The standard InChI is InChI=1S/C17H18Cl2N4O3/c1-10-20-21-15-9-23(14(17(25)26)8-22(10)15)16(24)4-2-3-11-5-6-12(18)13(19)7-11/h5-7,14H,2-4,8-9H2,1H3,(H,25,26). The summed E-state index contributed by atoms with van der Waals surface area (Å²) in [5.41, 5.74) is 0.982. The lowest BCUT2D eigenvalue weighted by atomic mass is 10.1. The molecule has 1 unspecified atom stereocenters. The van der Waals surface area contributed by atoms with Crippen LogP contribution in [0.4, 0.5) is 0 Å². The van der Waals surface area contributed by atoms with Crippen molar-refractivity contribution < 1.29 is 14.7 Å². The van der Waals surface area contributed by atoms with Gasteiger partial charge in [-0.15, -0.1) is 10.2 Å². The van der Waals surface area contributed by atoms with Crippen molar-refractivity contribution in [2.24, 2.45) is 0 Å². The largest absolute Gasteiger partial charge is 0.480 e. The first-order chi connectivity index (χ1) is 12.4. The number of aromatic nitrogens is 3. The fourth-order valence-electron chi connectivity index (χ4n) is 3.07. The number of carboxylic acids is 1. The predicted octanol–water partition coefficient (Wildman–Crippen LogP) is 2.71. The molecule has 1 aliphatic heterocycles. The highest BCUT2D eigenvalue weighted by atomic mass is 35.5. The third-order valence-electron chi connectivity index (χ3n) is 4.50. The molecular formula is C17H18Cl2N4O3.